The fourth-order valence-electron chi connectivity index (χ4n) is 0.797. The zero-order valence-corrected chi connectivity index (χ0v) is 9.13. The molecular weight excluding hydrogens is 227 g/mol. The first-order chi connectivity index (χ1) is 6.77. The highest BCUT2D eigenvalue weighted by Crippen LogP contribution is 2.26. The average Bonchev–Trinajstić information content (AvgIpc) is 2.26. The Labute approximate surface area is 87.6 Å². The molecule has 1 aromatic carbocycles. The summed E-state index contributed by atoms with van der Waals surface area (Å²) in [6.45, 7) is 0. The lowest BCUT2D eigenvalue weighted by Crippen LogP contribution is -1.93. The van der Waals surface area contributed by atoms with Crippen molar-refractivity contribution in [2.75, 3.05) is 7.11 Å². The van der Waals surface area contributed by atoms with E-state index in [2.05, 4.69) is 9.20 Å². The van der Waals surface area contributed by atoms with Crippen LogP contribution in [0.3, 0.4) is 0 Å². The molecule has 0 fully saturated rings. The van der Waals surface area contributed by atoms with E-state index in [4.69, 9.17) is 16.5 Å². The summed E-state index contributed by atoms with van der Waals surface area (Å²) in [7, 11) is -0.975. The van der Waals surface area contributed by atoms with Gasteiger partial charge in [0.05, 0.1) is 13.0 Å². The van der Waals surface area contributed by atoms with Crippen LogP contribution in [0.5, 0.6) is 5.75 Å². The molecule has 0 spiro atoms. The van der Waals surface area contributed by atoms with Crippen LogP contribution in [-0.4, -0.2) is 7.11 Å². The van der Waals surface area contributed by atoms with Gasteiger partial charge in [0.25, 0.3) is 0 Å². The molecule has 1 unspecified atom stereocenters. The lowest BCUT2D eigenvalue weighted by molar-refractivity contribution is -0.104. The standard InChI is InChI=1S/C8H9ClO4P/c1-11-14(10)13-12-8-5-3-2-4-7(8)6-9/h2-5H,6H2,1H3. The highest BCUT2D eigenvalue weighted by Gasteiger charge is 2.05. The van der Waals surface area contributed by atoms with Crippen LogP contribution in [0.15, 0.2) is 24.3 Å². The van der Waals surface area contributed by atoms with Crippen molar-refractivity contribution in [3.05, 3.63) is 29.8 Å². The number of halogens is 1. The highest BCUT2D eigenvalue weighted by molar-refractivity contribution is 7.33. The Kier molecular flexibility index (Phi) is 4.84. The van der Waals surface area contributed by atoms with Gasteiger partial charge in [0.15, 0.2) is 5.75 Å². The van der Waals surface area contributed by atoms with E-state index >= 15 is 0 Å². The van der Waals surface area contributed by atoms with Crippen molar-refractivity contribution < 1.29 is 18.7 Å². The van der Waals surface area contributed by atoms with Crippen LogP contribution in [0.4, 0.5) is 0 Å². The van der Waals surface area contributed by atoms with Crippen LogP contribution in [0.2, 0.25) is 0 Å². The Bertz CT molecular complexity index is 318. The minimum Gasteiger partial charge on any atom is -0.324 e. The second-order valence-electron chi connectivity index (χ2n) is 2.31. The first kappa shape index (κ1) is 11.4. The Morgan fingerprint density at radius 1 is 1.43 bits per heavy atom. The van der Waals surface area contributed by atoms with Gasteiger partial charge in [-0.3, -0.25) is 4.52 Å². The second-order valence-corrected chi connectivity index (χ2v) is 3.53. The maximum atomic E-state index is 10.7. The zero-order chi connectivity index (χ0) is 10.4. The maximum absolute atomic E-state index is 10.7. The lowest BCUT2D eigenvalue weighted by Gasteiger charge is -2.05. The minimum atomic E-state index is -2.23. The van der Waals surface area contributed by atoms with E-state index in [0.29, 0.717) is 11.6 Å². The van der Waals surface area contributed by atoms with Crippen molar-refractivity contribution in [2.45, 2.75) is 5.88 Å². The van der Waals surface area contributed by atoms with Gasteiger partial charge in [-0.25, -0.2) is 4.57 Å². The molecule has 0 aliphatic rings. The minimum absolute atomic E-state index is 0.295. The number of benzene rings is 1. The van der Waals surface area contributed by atoms with Gasteiger partial charge in [0.2, 0.25) is 0 Å². The van der Waals surface area contributed by atoms with Crippen LogP contribution in [-0.2, 0) is 19.6 Å². The molecule has 77 valence electrons. The monoisotopic (exact) mass is 235 g/mol. The van der Waals surface area contributed by atoms with Gasteiger partial charge in [-0.15, -0.1) is 11.6 Å². The van der Waals surface area contributed by atoms with E-state index in [9.17, 15) is 4.57 Å². The molecule has 0 saturated carbocycles. The number of hydrogen-bond acceptors (Lipinski definition) is 4. The van der Waals surface area contributed by atoms with E-state index in [0.717, 1.165) is 5.56 Å². The van der Waals surface area contributed by atoms with Gasteiger partial charge in [0.1, 0.15) is 0 Å². The topological polar surface area (TPSA) is 44.8 Å². The first-order valence-corrected chi connectivity index (χ1v) is 5.40. The third-order valence-electron chi connectivity index (χ3n) is 1.45. The molecule has 14 heavy (non-hydrogen) atoms. The van der Waals surface area contributed by atoms with Crippen molar-refractivity contribution in [2.24, 2.45) is 0 Å². The summed E-state index contributed by atoms with van der Waals surface area (Å²) in [6.07, 6.45) is 0. The zero-order valence-electron chi connectivity index (χ0n) is 7.47. The molecule has 0 amide bonds. The van der Waals surface area contributed by atoms with Crippen molar-refractivity contribution >= 4 is 19.9 Å². The quantitative estimate of drug-likeness (QED) is 0.341. The van der Waals surface area contributed by atoms with E-state index in [-0.39, 0.29) is 0 Å². The highest BCUT2D eigenvalue weighted by atomic mass is 35.5. The molecule has 0 aromatic heterocycles. The largest absolute Gasteiger partial charge is 0.407 e. The van der Waals surface area contributed by atoms with Crippen LogP contribution in [0, 0.1) is 0 Å². The first-order valence-electron chi connectivity index (χ1n) is 3.77. The summed E-state index contributed by atoms with van der Waals surface area (Å²) >= 11 is 5.64. The van der Waals surface area contributed by atoms with Gasteiger partial charge < -0.3 is 4.89 Å². The SMILES string of the molecule is CO[P](=O)OOc1ccccc1CCl. The van der Waals surface area contributed by atoms with Gasteiger partial charge in [-0.2, -0.15) is 0 Å². The van der Waals surface area contributed by atoms with E-state index in [1.807, 2.05) is 6.07 Å². The number of hydrogen-bond donors (Lipinski definition) is 0. The summed E-state index contributed by atoms with van der Waals surface area (Å²) in [6, 6.07) is 7.03. The second kappa shape index (κ2) is 5.94. The summed E-state index contributed by atoms with van der Waals surface area (Å²) in [5, 5.41) is 0. The normalized spacial score (nSPS) is 11.1. The van der Waals surface area contributed by atoms with Crippen molar-refractivity contribution in [1.29, 1.82) is 0 Å². The fourth-order valence-corrected chi connectivity index (χ4v) is 1.22. The van der Waals surface area contributed by atoms with Crippen LogP contribution < -0.4 is 4.89 Å². The summed E-state index contributed by atoms with van der Waals surface area (Å²) in [5.74, 6) is 0.728. The molecule has 1 aromatic rings. The Hall–Kier alpha value is -0.670. The predicted octanol–water partition coefficient (Wildman–Crippen LogP) is 3.04. The molecule has 0 aliphatic carbocycles. The maximum Gasteiger partial charge on any atom is 0.407 e. The molecule has 6 heteroatoms. The molecule has 1 rings (SSSR count). The van der Waals surface area contributed by atoms with Gasteiger partial charge in [-0.1, -0.05) is 22.9 Å². The summed E-state index contributed by atoms with van der Waals surface area (Å²) in [5.41, 5.74) is 0.758. The molecule has 0 heterocycles. The molecule has 4 nitrogen and oxygen atoms in total. The van der Waals surface area contributed by atoms with Gasteiger partial charge >= 0.3 is 8.25 Å². The molecule has 0 aliphatic heterocycles. The molecule has 1 radical (unpaired) electrons. The van der Waals surface area contributed by atoms with Crippen LogP contribution in [0.1, 0.15) is 5.56 Å². The van der Waals surface area contributed by atoms with Crippen molar-refractivity contribution in [3.8, 4) is 5.75 Å². The number of alkyl halides is 1. The molecule has 1 atom stereocenters. The fraction of sp³-hybridized carbons (Fsp3) is 0.250. The Balaban J connectivity index is 2.61. The average molecular weight is 236 g/mol. The molecule has 0 saturated heterocycles. The molecule has 0 N–H and O–H groups in total. The van der Waals surface area contributed by atoms with Crippen LogP contribution in [0.25, 0.3) is 0 Å². The smallest absolute Gasteiger partial charge is 0.324 e. The number of para-hydroxylation sites is 1. The summed E-state index contributed by atoms with van der Waals surface area (Å²) < 4.78 is 19.6. The van der Waals surface area contributed by atoms with Gasteiger partial charge in [0, 0.05) is 5.56 Å². The third-order valence-corrected chi connectivity index (χ3v) is 2.24. The number of rotatable bonds is 5. The van der Waals surface area contributed by atoms with Crippen LogP contribution >= 0.6 is 19.9 Å². The van der Waals surface area contributed by atoms with E-state index in [1.165, 1.54) is 7.11 Å². The van der Waals surface area contributed by atoms with E-state index in [1.54, 1.807) is 18.2 Å². The van der Waals surface area contributed by atoms with Crippen molar-refractivity contribution in [3.63, 3.8) is 0 Å². The van der Waals surface area contributed by atoms with Crippen molar-refractivity contribution in [1.82, 2.24) is 0 Å². The summed E-state index contributed by atoms with van der Waals surface area (Å²) in [4.78, 5) is 4.79. The third kappa shape index (κ3) is 3.24. The Morgan fingerprint density at radius 3 is 2.79 bits per heavy atom. The molecule has 0 bridgehead atoms. The lowest BCUT2D eigenvalue weighted by atomic mass is 10.2. The van der Waals surface area contributed by atoms with E-state index < -0.39 is 8.25 Å². The Morgan fingerprint density at radius 2 is 2.14 bits per heavy atom. The molecular formula is C8H9ClO4P. The van der Waals surface area contributed by atoms with Gasteiger partial charge in [-0.05, 0) is 6.07 Å². The predicted molar refractivity (Wildman–Crippen MR) is 52.3 cm³/mol.